The Morgan fingerprint density at radius 3 is 2.61 bits per heavy atom. The van der Waals surface area contributed by atoms with Crippen molar-refractivity contribution in [3.63, 3.8) is 0 Å². The summed E-state index contributed by atoms with van der Waals surface area (Å²) >= 11 is 0. The molecule has 0 amide bonds. The summed E-state index contributed by atoms with van der Waals surface area (Å²) in [6.45, 7) is 9.98. The second-order valence-corrected chi connectivity index (χ2v) is 5.02. The van der Waals surface area contributed by atoms with Crippen LogP contribution in [0.15, 0.2) is 18.2 Å². The first kappa shape index (κ1) is 15.0. The van der Waals surface area contributed by atoms with Crippen molar-refractivity contribution in [1.29, 1.82) is 0 Å². The predicted octanol–water partition coefficient (Wildman–Crippen LogP) is 3.54. The molecule has 0 aliphatic rings. The van der Waals surface area contributed by atoms with Crippen molar-refractivity contribution in [2.75, 3.05) is 13.1 Å². The van der Waals surface area contributed by atoms with E-state index in [1.165, 1.54) is 6.07 Å². The Kier molecular flexibility index (Phi) is 6.13. The van der Waals surface area contributed by atoms with Crippen LogP contribution in [0.25, 0.3) is 0 Å². The van der Waals surface area contributed by atoms with Crippen molar-refractivity contribution >= 4 is 0 Å². The number of rotatable bonds is 7. The van der Waals surface area contributed by atoms with E-state index in [1.807, 2.05) is 0 Å². The normalized spacial score (nSPS) is 12.8. The van der Waals surface area contributed by atoms with Gasteiger partial charge in [0.15, 0.2) is 0 Å². The molecule has 0 radical (unpaired) electrons. The molecule has 1 atom stereocenters. The molecular weight excluding hydrogens is 229 g/mol. The van der Waals surface area contributed by atoms with Gasteiger partial charge in [-0.15, -0.1) is 0 Å². The van der Waals surface area contributed by atoms with Gasteiger partial charge in [0.2, 0.25) is 0 Å². The van der Waals surface area contributed by atoms with Crippen LogP contribution in [-0.2, 0) is 0 Å². The molecule has 0 aliphatic carbocycles. The highest BCUT2D eigenvalue weighted by atomic mass is 19.1. The van der Waals surface area contributed by atoms with Crippen molar-refractivity contribution in [2.24, 2.45) is 5.92 Å². The standard InChI is InChI=1S/C15H24FNO/c1-5-8-17-10-15(11(2)3)18-13-6-7-14(16)12(4)9-13/h6-7,9,11,15,17H,5,8,10H2,1-4H3. The quantitative estimate of drug-likeness (QED) is 0.750. The molecule has 1 N–H and O–H groups in total. The molecule has 0 spiro atoms. The zero-order chi connectivity index (χ0) is 13.5. The summed E-state index contributed by atoms with van der Waals surface area (Å²) in [4.78, 5) is 0. The maximum atomic E-state index is 13.2. The van der Waals surface area contributed by atoms with Crippen LogP contribution in [0.5, 0.6) is 5.75 Å². The monoisotopic (exact) mass is 253 g/mol. The van der Waals surface area contributed by atoms with Gasteiger partial charge in [0.05, 0.1) is 0 Å². The minimum Gasteiger partial charge on any atom is -0.489 e. The molecule has 0 aromatic heterocycles. The number of hydrogen-bond donors (Lipinski definition) is 1. The average molecular weight is 253 g/mol. The van der Waals surface area contributed by atoms with Crippen molar-refractivity contribution in [3.05, 3.63) is 29.6 Å². The smallest absolute Gasteiger partial charge is 0.126 e. The van der Waals surface area contributed by atoms with Crippen molar-refractivity contribution in [3.8, 4) is 5.75 Å². The largest absolute Gasteiger partial charge is 0.489 e. The fourth-order valence-corrected chi connectivity index (χ4v) is 1.70. The van der Waals surface area contributed by atoms with Gasteiger partial charge in [-0.1, -0.05) is 20.8 Å². The molecule has 18 heavy (non-hydrogen) atoms. The maximum absolute atomic E-state index is 13.2. The summed E-state index contributed by atoms with van der Waals surface area (Å²) in [6, 6.07) is 4.91. The highest BCUT2D eigenvalue weighted by Crippen LogP contribution is 2.19. The van der Waals surface area contributed by atoms with E-state index in [-0.39, 0.29) is 11.9 Å². The number of aryl methyl sites for hydroxylation is 1. The zero-order valence-corrected chi connectivity index (χ0v) is 11.8. The summed E-state index contributed by atoms with van der Waals surface area (Å²) in [5, 5.41) is 3.36. The van der Waals surface area contributed by atoms with Gasteiger partial charge in [0.1, 0.15) is 17.7 Å². The molecule has 1 aromatic carbocycles. The van der Waals surface area contributed by atoms with Crippen molar-refractivity contribution in [1.82, 2.24) is 5.32 Å². The Balaban J connectivity index is 2.61. The molecule has 0 saturated heterocycles. The first-order chi connectivity index (χ1) is 8.54. The molecule has 1 unspecified atom stereocenters. The Morgan fingerprint density at radius 2 is 2.06 bits per heavy atom. The molecule has 0 bridgehead atoms. The minimum absolute atomic E-state index is 0.112. The molecule has 0 aliphatic heterocycles. The Morgan fingerprint density at radius 1 is 1.33 bits per heavy atom. The fraction of sp³-hybridized carbons (Fsp3) is 0.600. The second kappa shape index (κ2) is 7.37. The lowest BCUT2D eigenvalue weighted by molar-refractivity contribution is 0.149. The SMILES string of the molecule is CCCNCC(Oc1ccc(F)c(C)c1)C(C)C. The third kappa shape index (κ3) is 4.65. The summed E-state index contributed by atoms with van der Waals surface area (Å²) in [7, 11) is 0. The molecule has 3 heteroatoms. The topological polar surface area (TPSA) is 21.3 Å². The van der Waals surface area contributed by atoms with Crippen molar-refractivity contribution < 1.29 is 9.13 Å². The number of benzene rings is 1. The molecular formula is C15H24FNO. The lowest BCUT2D eigenvalue weighted by atomic mass is 10.1. The van der Waals surface area contributed by atoms with E-state index in [0.717, 1.165) is 25.3 Å². The summed E-state index contributed by atoms with van der Waals surface area (Å²) < 4.78 is 19.1. The van der Waals surface area contributed by atoms with Gasteiger partial charge in [0, 0.05) is 6.54 Å². The van der Waals surface area contributed by atoms with E-state index in [0.29, 0.717) is 11.5 Å². The van der Waals surface area contributed by atoms with E-state index in [4.69, 9.17) is 4.74 Å². The van der Waals surface area contributed by atoms with Gasteiger partial charge in [0.25, 0.3) is 0 Å². The van der Waals surface area contributed by atoms with Crippen LogP contribution in [0.4, 0.5) is 4.39 Å². The van der Waals surface area contributed by atoms with Gasteiger partial charge in [-0.05, 0) is 49.6 Å². The summed E-state index contributed by atoms with van der Waals surface area (Å²) in [6.07, 6.45) is 1.22. The van der Waals surface area contributed by atoms with Crippen molar-refractivity contribution in [2.45, 2.75) is 40.2 Å². The molecule has 1 aromatic rings. The van der Waals surface area contributed by atoms with E-state index < -0.39 is 0 Å². The number of halogens is 1. The Hall–Kier alpha value is -1.09. The number of ether oxygens (including phenoxy) is 1. The first-order valence-corrected chi connectivity index (χ1v) is 6.68. The van der Waals surface area contributed by atoms with E-state index in [2.05, 4.69) is 26.1 Å². The third-order valence-corrected chi connectivity index (χ3v) is 2.93. The maximum Gasteiger partial charge on any atom is 0.126 e. The van der Waals surface area contributed by atoms with Crippen LogP contribution < -0.4 is 10.1 Å². The first-order valence-electron chi connectivity index (χ1n) is 6.68. The molecule has 0 heterocycles. The van der Waals surface area contributed by atoms with Crippen LogP contribution in [0, 0.1) is 18.7 Å². The van der Waals surface area contributed by atoms with Gasteiger partial charge in [-0.3, -0.25) is 0 Å². The van der Waals surface area contributed by atoms with Crippen LogP contribution in [-0.4, -0.2) is 19.2 Å². The summed E-state index contributed by atoms with van der Waals surface area (Å²) in [5.74, 6) is 0.971. The minimum atomic E-state index is -0.187. The lowest BCUT2D eigenvalue weighted by Gasteiger charge is -2.23. The zero-order valence-electron chi connectivity index (χ0n) is 11.8. The molecule has 0 saturated carbocycles. The molecule has 102 valence electrons. The van der Waals surface area contributed by atoms with Gasteiger partial charge >= 0.3 is 0 Å². The van der Waals surface area contributed by atoms with Gasteiger partial charge in [-0.2, -0.15) is 0 Å². The molecule has 0 fully saturated rings. The molecule has 1 rings (SSSR count). The highest BCUT2D eigenvalue weighted by Gasteiger charge is 2.15. The fourth-order valence-electron chi connectivity index (χ4n) is 1.70. The predicted molar refractivity (Wildman–Crippen MR) is 73.6 cm³/mol. The van der Waals surface area contributed by atoms with Gasteiger partial charge in [-0.25, -0.2) is 4.39 Å². The van der Waals surface area contributed by atoms with Gasteiger partial charge < -0.3 is 10.1 Å². The number of hydrogen-bond acceptors (Lipinski definition) is 2. The third-order valence-electron chi connectivity index (χ3n) is 2.93. The summed E-state index contributed by atoms with van der Waals surface area (Å²) in [5.41, 5.74) is 0.622. The Bertz CT molecular complexity index is 366. The van der Waals surface area contributed by atoms with E-state index in [9.17, 15) is 4.39 Å². The van der Waals surface area contributed by atoms with Crippen LogP contribution in [0.3, 0.4) is 0 Å². The van der Waals surface area contributed by atoms with Crippen LogP contribution >= 0.6 is 0 Å². The Labute approximate surface area is 110 Å². The van der Waals surface area contributed by atoms with E-state index >= 15 is 0 Å². The highest BCUT2D eigenvalue weighted by molar-refractivity contribution is 5.29. The van der Waals surface area contributed by atoms with Crippen LogP contribution in [0.1, 0.15) is 32.8 Å². The molecule has 2 nitrogen and oxygen atoms in total. The average Bonchev–Trinajstić information content (AvgIpc) is 2.32. The second-order valence-electron chi connectivity index (χ2n) is 5.02. The van der Waals surface area contributed by atoms with Crippen LogP contribution in [0.2, 0.25) is 0 Å². The lowest BCUT2D eigenvalue weighted by Crippen LogP contribution is -2.35. The van der Waals surface area contributed by atoms with E-state index in [1.54, 1.807) is 19.1 Å². The number of nitrogens with one attached hydrogen (secondary N) is 1.